The van der Waals surface area contributed by atoms with Gasteiger partial charge in [-0.1, -0.05) is 32.6 Å². The van der Waals surface area contributed by atoms with E-state index in [4.69, 9.17) is 0 Å². The molecule has 0 fully saturated rings. The van der Waals surface area contributed by atoms with Gasteiger partial charge in [0.05, 0.1) is 0 Å². The van der Waals surface area contributed by atoms with E-state index < -0.39 is 0 Å². The van der Waals surface area contributed by atoms with E-state index in [1.165, 1.54) is 6.04 Å². The van der Waals surface area contributed by atoms with Gasteiger partial charge in [0.1, 0.15) is 0 Å². The van der Waals surface area contributed by atoms with Crippen molar-refractivity contribution in [3.05, 3.63) is 0 Å². The zero-order valence-corrected chi connectivity index (χ0v) is 8.17. The average molecular weight is 132 g/mol. The summed E-state index contributed by atoms with van der Waals surface area (Å²) in [4.78, 5) is 0. The lowest BCUT2D eigenvalue weighted by molar-refractivity contribution is 1.44. The van der Waals surface area contributed by atoms with Crippen LogP contribution < -0.4 is 0 Å². The van der Waals surface area contributed by atoms with Crippen molar-refractivity contribution in [2.24, 2.45) is 0 Å². The fourth-order valence-corrected chi connectivity index (χ4v) is 4.24. The highest BCUT2D eigenvalue weighted by Crippen LogP contribution is 1.94. The van der Waals surface area contributed by atoms with Gasteiger partial charge < -0.3 is 0 Å². The van der Waals surface area contributed by atoms with E-state index in [1.807, 2.05) is 0 Å². The van der Waals surface area contributed by atoms with Gasteiger partial charge in [-0.3, -0.25) is 0 Å². The molecule has 0 aliphatic rings. The summed E-state index contributed by atoms with van der Waals surface area (Å²) < 4.78 is 0. The third kappa shape index (κ3) is 3.06. The molecule has 0 nitrogen and oxygen atoms in total. The van der Waals surface area contributed by atoms with Gasteiger partial charge in [-0.15, -0.1) is 0 Å². The molecule has 44 valence electrons. The molecule has 0 radical (unpaired) electrons. The molecule has 0 amide bonds. The molecule has 0 rings (SSSR count). The van der Waals surface area contributed by atoms with Crippen LogP contribution in [0.4, 0.5) is 0 Å². The molecule has 0 saturated carbocycles. The second-order valence-electron chi connectivity index (χ2n) is 2.63. The van der Waals surface area contributed by atoms with Crippen LogP contribution in [0.5, 0.6) is 0 Å². The molecule has 2 heteroatoms. The van der Waals surface area contributed by atoms with Gasteiger partial charge in [0.15, 0.2) is 0 Å². The normalized spacial score (nSPS) is 15.0. The maximum atomic E-state index is 2.50. The molecule has 0 spiro atoms. The van der Waals surface area contributed by atoms with Gasteiger partial charge in [-0.2, -0.15) is 0 Å². The molecule has 0 aromatic rings. The molecular formula is C5H16Si2. The molecule has 0 saturated heterocycles. The molecule has 1 atom stereocenters. The molecule has 0 bridgehead atoms. The molecule has 0 N–H and O–H groups in total. The molecule has 0 heterocycles. The second kappa shape index (κ2) is 3.44. The highest BCUT2D eigenvalue weighted by atomic mass is 29.2. The Labute approximate surface area is 49.9 Å². The van der Waals surface area contributed by atoms with Crippen LogP contribution >= 0.6 is 0 Å². The van der Waals surface area contributed by atoms with E-state index in [-0.39, 0.29) is 16.6 Å². The Morgan fingerprint density at radius 3 is 1.57 bits per heavy atom. The van der Waals surface area contributed by atoms with E-state index in [0.29, 0.717) is 0 Å². The van der Waals surface area contributed by atoms with Gasteiger partial charge in [0, 0.05) is 16.6 Å². The summed E-state index contributed by atoms with van der Waals surface area (Å²) in [7, 11) is -0.242. The van der Waals surface area contributed by atoms with Crippen LogP contribution in [-0.2, 0) is 0 Å². The Morgan fingerprint density at radius 1 is 1.14 bits per heavy atom. The Morgan fingerprint density at radius 2 is 1.57 bits per heavy atom. The SMILES string of the molecule is CC[SiH](C)[SiH](C)C. The van der Waals surface area contributed by atoms with Gasteiger partial charge >= 0.3 is 0 Å². The van der Waals surface area contributed by atoms with Crippen LogP contribution in [0.3, 0.4) is 0 Å². The molecule has 0 aliphatic carbocycles. The first-order valence-corrected chi connectivity index (χ1v) is 10.1. The van der Waals surface area contributed by atoms with Crippen molar-refractivity contribution in [3.8, 4) is 0 Å². The zero-order valence-electron chi connectivity index (χ0n) is 5.86. The maximum Gasteiger partial charge on any atom is 0.0241 e. The first-order chi connectivity index (χ1) is 3.18. The van der Waals surface area contributed by atoms with Crippen LogP contribution in [0, 0.1) is 0 Å². The van der Waals surface area contributed by atoms with E-state index in [1.54, 1.807) is 0 Å². The zero-order chi connectivity index (χ0) is 5.86. The number of hydrogen-bond acceptors (Lipinski definition) is 0. The first kappa shape index (κ1) is 7.43. The third-order valence-corrected chi connectivity index (χ3v) is 13.6. The van der Waals surface area contributed by atoms with Gasteiger partial charge in [0.25, 0.3) is 0 Å². The Balaban J connectivity index is 3.14. The van der Waals surface area contributed by atoms with E-state index in [9.17, 15) is 0 Å². The number of hydrogen-bond donors (Lipinski definition) is 0. The van der Waals surface area contributed by atoms with Crippen molar-refractivity contribution in [2.75, 3.05) is 0 Å². The van der Waals surface area contributed by atoms with Gasteiger partial charge in [-0.25, -0.2) is 0 Å². The van der Waals surface area contributed by atoms with E-state index in [0.717, 1.165) is 0 Å². The number of rotatable bonds is 2. The average Bonchev–Trinajstić information content (AvgIpc) is 1.65. The monoisotopic (exact) mass is 132 g/mol. The predicted octanol–water partition coefficient (Wildman–Crippen LogP) is 1.43. The van der Waals surface area contributed by atoms with Crippen molar-refractivity contribution in [3.63, 3.8) is 0 Å². The lowest BCUT2D eigenvalue weighted by Crippen LogP contribution is -2.24. The maximum absolute atomic E-state index is 2.50. The van der Waals surface area contributed by atoms with Crippen LogP contribution in [0.2, 0.25) is 25.7 Å². The Hall–Kier alpha value is 0.434. The lowest BCUT2D eigenvalue weighted by Gasteiger charge is -2.07. The van der Waals surface area contributed by atoms with Crippen LogP contribution in [-0.4, -0.2) is 16.6 Å². The molecule has 0 aromatic carbocycles. The standard InChI is InChI=1S/C5H16Si2/c1-5-7(4)6(2)3/h6-7H,5H2,1-4H3. The van der Waals surface area contributed by atoms with Gasteiger partial charge in [0.2, 0.25) is 0 Å². The summed E-state index contributed by atoms with van der Waals surface area (Å²) in [6, 6.07) is 1.52. The van der Waals surface area contributed by atoms with Gasteiger partial charge in [-0.05, 0) is 0 Å². The van der Waals surface area contributed by atoms with Crippen LogP contribution in [0.15, 0.2) is 0 Å². The summed E-state index contributed by atoms with van der Waals surface area (Å²) in [6.45, 7) is 9.78. The van der Waals surface area contributed by atoms with Crippen LogP contribution in [0.25, 0.3) is 0 Å². The predicted molar refractivity (Wildman–Crippen MR) is 42.4 cm³/mol. The highest BCUT2D eigenvalue weighted by Gasteiger charge is 2.04. The van der Waals surface area contributed by atoms with E-state index >= 15 is 0 Å². The lowest BCUT2D eigenvalue weighted by atomic mass is 11.0. The second-order valence-corrected chi connectivity index (χ2v) is 15.3. The largest absolute Gasteiger partial charge is 0.0743 e. The van der Waals surface area contributed by atoms with Crippen molar-refractivity contribution in [1.29, 1.82) is 0 Å². The minimum absolute atomic E-state index is 0.116. The minimum atomic E-state index is -0.126. The summed E-state index contributed by atoms with van der Waals surface area (Å²) in [5.74, 6) is 0. The summed E-state index contributed by atoms with van der Waals surface area (Å²) >= 11 is 0. The third-order valence-electron chi connectivity index (χ3n) is 1.78. The fraction of sp³-hybridized carbons (Fsp3) is 1.00. The van der Waals surface area contributed by atoms with Crippen molar-refractivity contribution < 1.29 is 0 Å². The van der Waals surface area contributed by atoms with E-state index in [2.05, 4.69) is 26.6 Å². The molecule has 0 aliphatic heterocycles. The summed E-state index contributed by atoms with van der Waals surface area (Å²) in [5, 5.41) is 0. The molecule has 1 unspecified atom stereocenters. The molecule has 0 aromatic heterocycles. The van der Waals surface area contributed by atoms with Crippen LogP contribution in [0.1, 0.15) is 6.92 Å². The Bertz CT molecular complexity index is 43.3. The summed E-state index contributed by atoms with van der Waals surface area (Å²) in [5.41, 5.74) is 0. The topological polar surface area (TPSA) is 0 Å². The first-order valence-electron chi connectivity index (χ1n) is 3.18. The Kier molecular flexibility index (Phi) is 3.65. The summed E-state index contributed by atoms with van der Waals surface area (Å²) in [6.07, 6.45) is 0. The molecule has 7 heavy (non-hydrogen) atoms. The smallest absolute Gasteiger partial charge is 0.0241 e. The quantitative estimate of drug-likeness (QED) is 0.499. The molecular weight excluding hydrogens is 116 g/mol. The van der Waals surface area contributed by atoms with Crippen molar-refractivity contribution in [1.82, 2.24) is 0 Å². The van der Waals surface area contributed by atoms with Crippen molar-refractivity contribution in [2.45, 2.75) is 32.6 Å². The minimum Gasteiger partial charge on any atom is -0.0743 e. The highest BCUT2D eigenvalue weighted by molar-refractivity contribution is 7.20. The fourth-order valence-electron chi connectivity index (χ4n) is 0.471. The van der Waals surface area contributed by atoms with Crippen molar-refractivity contribution >= 4 is 16.6 Å².